The molecule has 0 atom stereocenters. The van der Waals surface area contributed by atoms with Gasteiger partial charge in [-0.25, -0.2) is 0 Å². The van der Waals surface area contributed by atoms with Gasteiger partial charge in [-0.15, -0.1) is 0 Å². The number of nitrogens with zero attached hydrogens (tertiary/aromatic N) is 1. The highest BCUT2D eigenvalue weighted by molar-refractivity contribution is 6.35. The summed E-state index contributed by atoms with van der Waals surface area (Å²) in [7, 11) is 0. The van der Waals surface area contributed by atoms with E-state index in [1.807, 2.05) is 37.4 Å². The molecule has 6 rings (SSSR count). The summed E-state index contributed by atoms with van der Waals surface area (Å²) in [6, 6.07) is 17.6. The summed E-state index contributed by atoms with van der Waals surface area (Å²) in [5.74, 6) is -0.881. The first kappa shape index (κ1) is 29.1. The first-order valence-corrected chi connectivity index (χ1v) is 14.2. The van der Waals surface area contributed by atoms with Gasteiger partial charge in [-0.3, -0.25) is 9.59 Å². The number of benzene rings is 3. The van der Waals surface area contributed by atoms with Crippen LogP contribution in [-0.4, -0.2) is 41.1 Å². The Balaban J connectivity index is 1.19. The summed E-state index contributed by atoms with van der Waals surface area (Å²) in [6.45, 7) is 2.76. The molecule has 226 valence electrons. The van der Waals surface area contributed by atoms with Crippen molar-refractivity contribution in [1.29, 1.82) is 0 Å². The number of carbonyl (C=O) groups is 2. The normalized spacial score (nSPS) is 16.2. The van der Waals surface area contributed by atoms with Crippen molar-refractivity contribution >= 4 is 51.9 Å². The Bertz CT molecular complexity index is 1770. The number of hydrogen-bond acceptors (Lipinski definition) is 5. The highest BCUT2D eigenvalue weighted by Crippen LogP contribution is 2.37. The van der Waals surface area contributed by atoms with Crippen LogP contribution in [0.5, 0.6) is 0 Å². The maximum absolute atomic E-state index is 13.7. The Morgan fingerprint density at radius 2 is 1.75 bits per heavy atom. The first-order valence-electron chi connectivity index (χ1n) is 14.2. The van der Waals surface area contributed by atoms with Crippen LogP contribution in [0.3, 0.4) is 0 Å². The van der Waals surface area contributed by atoms with Gasteiger partial charge in [0.1, 0.15) is 0 Å². The van der Waals surface area contributed by atoms with Crippen LogP contribution >= 0.6 is 0 Å². The second-order valence-corrected chi connectivity index (χ2v) is 11.0. The molecule has 0 spiro atoms. The summed E-state index contributed by atoms with van der Waals surface area (Å²) < 4.78 is 41.2. The first-order chi connectivity index (χ1) is 21.0. The van der Waals surface area contributed by atoms with Gasteiger partial charge in [0.2, 0.25) is 0 Å². The Morgan fingerprint density at radius 1 is 1.00 bits per heavy atom. The minimum Gasteiger partial charge on any atom is -0.393 e. The van der Waals surface area contributed by atoms with Gasteiger partial charge in [0, 0.05) is 58.9 Å². The number of fused-ring (bicyclic) bond motifs is 1. The van der Waals surface area contributed by atoms with Crippen LogP contribution in [0.4, 0.5) is 41.6 Å². The minimum atomic E-state index is -4.63. The fourth-order valence-corrected chi connectivity index (χ4v) is 5.44. The molecular weight excluding hydrogens is 571 g/mol. The molecule has 2 aliphatic rings. The highest BCUT2D eigenvalue weighted by atomic mass is 19.4. The van der Waals surface area contributed by atoms with Gasteiger partial charge in [-0.2, -0.15) is 13.2 Å². The van der Waals surface area contributed by atoms with Crippen LogP contribution in [-0.2, 0) is 11.0 Å². The lowest BCUT2D eigenvalue weighted by atomic mass is 10.0. The zero-order chi connectivity index (χ0) is 31.0. The number of rotatable bonds is 6. The number of aryl methyl sites for hydroxylation is 1. The van der Waals surface area contributed by atoms with E-state index in [1.54, 1.807) is 35.2 Å². The fourth-order valence-electron chi connectivity index (χ4n) is 5.44. The number of nitrogens with one attached hydrogen (secondary N) is 4. The lowest BCUT2D eigenvalue weighted by molar-refractivity contribution is -0.137. The quantitative estimate of drug-likeness (QED) is 0.156. The Kier molecular flexibility index (Phi) is 7.64. The number of aliphatic hydroxyl groups is 1. The van der Waals surface area contributed by atoms with Crippen LogP contribution in [0.25, 0.3) is 11.6 Å². The van der Waals surface area contributed by atoms with E-state index in [-0.39, 0.29) is 17.2 Å². The molecular formula is C33H30F3N5O3. The van der Waals surface area contributed by atoms with Crippen molar-refractivity contribution in [1.82, 2.24) is 4.98 Å². The predicted octanol–water partition coefficient (Wildman–Crippen LogP) is 6.79. The van der Waals surface area contributed by atoms with Crippen molar-refractivity contribution < 1.29 is 27.9 Å². The monoisotopic (exact) mass is 601 g/mol. The molecule has 1 saturated heterocycles. The van der Waals surface area contributed by atoms with Gasteiger partial charge < -0.3 is 30.9 Å². The Hall–Kier alpha value is -5.03. The molecule has 0 saturated carbocycles. The number of halogens is 3. The number of hydrogen-bond donors (Lipinski definition) is 5. The molecule has 2 aliphatic heterocycles. The van der Waals surface area contributed by atoms with Gasteiger partial charge in [-0.05, 0) is 86.0 Å². The number of piperidine rings is 1. The van der Waals surface area contributed by atoms with E-state index in [1.165, 1.54) is 6.07 Å². The molecule has 8 nitrogen and oxygen atoms in total. The molecule has 1 aromatic heterocycles. The van der Waals surface area contributed by atoms with Crippen molar-refractivity contribution in [2.75, 3.05) is 33.9 Å². The molecule has 11 heteroatoms. The highest BCUT2D eigenvalue weighted by Gasteiger charge is 2.33. The maximum atomic E-state index is 13.7. The van der Waals surface area contributed by atoms with Crippen molar-refractivity contribution in [3.63, 3.8) is 0 Å². The second-order valence-electron chi connectivity index (χ2n) is 11.0. The SMILES string of the molecule is Cc1c[nH]c(/C=C2\C(=O)Nc3cc(Nc4cccc(NC(=O)c5cc(N6CCC(O)CC6)cc(C(F)(F)F)c5)c4)ccc32)c1. The van der Waals surface area contributed by atoms with Gasteiger partial charge in [-0.1, -0.05) is 12.1 Å². The van der Waals surface area contributed by atoms with Crippen molar-refractivity contribution in [3.8, 4) is 0 Å². The van der Waals surface area contributed by atoms with Gasteiger partial charge in [0.15, 0.2) is 0 Å². The summed E-state index contributed by atoms with van der Waals surface area (Å²) in [5, 5.41) is 18.6. The third kappa shape index (κ3) is 6.32. The van der Waals surface area contributed by atoms with Gasteiger partial charge >= 0.3 is 6.18 Å². The van der Waals surface area contributed by atoms with Crippen LogP contribution in [0, 0.1) is 6.92 Å². The standard InChI is InChI=1S/C33H30F3N5O3/c1-19-11-25(37-18-19)16-29-28-6-5-24(17-30(28)40-32(29)44)38-22-3-2-4-23(15-22)39-31(43)20-12-21(33(34,35)36)14-26(13-20)41-9-7-27(42)8-10-41/h2-6,11-18,27,37-38,42H,7-10H2,1H3,(H,39,43)(H,40,44)/b29-16-. The number of anilines is 5. The van der Waals surface area contributed by atoms with E-state index in [2.05, 4.69) is 20.9 Å². The van der Waals surface area contributed by atoms with Crippen LogP contribution < -0.4 is 20.9 Å². The number of H-pyrrole nitrogens is 1. The third-order valence-corrected chi connectivity index (χ3v) is 7.70. The molecule has 2 amide bonds. The third-order valence-electron chi connectivity index (χ3n) is 7.70. The average molecular weight is 602 g/mol. The fraction of sp³-hybridized carbons (Fsp3) is 0.212. The molecule has 3 heterocycles. The van der Waals surface area contributed by atoms with Crippen molar-refractivity contribution in [2.24, 2.45) is 0 Å². The van der Waals surface area contributed by atoms with Gasteiger partial charge in [0.05, 0.1) is 22.9 Å². The van der Waals surface area contributed by atoms with Crippen LogP contribution in [0.2, 0.25) is 0 Å². The molecule has 44 heavy (non-hydrogen) atoms. The smallest absolute Gasteiger partial charge is 0.393 e. The summed E-state index contributed by atoms with van der Waals surface area (Å²) >= 11 is 0. The maximum Gasteiger partial charge on any atom is 0.416 e. The number of amides is 2. The van der Waals surface area contributed by atoms with Crippen LogP contribution in [0.1, 0.15) is 45.6 Å². The molecule has 4 aromatic rings. The summed E-state index contributed by atoms with van der Waals surface area (Å²) in [5.41, 5.74) is 4.84. The molecule has 3 aromatic carbocycles. The van der Waals surface area contributed by atoms with Crippen LogP contribution in [0.15, 0.2) is 72.9 Å². The lowest BCUT2D eigenvalue weighted by Gasteiger charge is -2.32. The van der Waals surface area contributed by atoms with E-state index in [0.717, 1.165) is 29.0 Å². The molecule has 0 bridgehead atoms. The number of carbonyl (C=O) groups excluding carboxylic acids is 2. The molecule has 0 aliphatic carbocycles. The van der Waals surface area contributed by atoms with Crippen molar-refractivity contribution in [2.45, 2.75) is 32.0 Å². The number of alkyl halides is 3. The van der Waals surface area contributed by atoms with Gasteiger partial charge in [0.25, 0.3) is 11.8 Å². The number of aliphatic hydroxyl groups excluding tert-OH is 1. The lowest BCUT2D eigenvalue weighted by Crippen LogP contribution is -2.36. The molecule has 5 N–H and O–H groups in total. The van der Waals surface area contributed by atoms with Crippen molar-refractivity contribution in [3.05, 3.63) is 101 Å². The topological polar surface area (TPSA) is 109 Å². The predicted molar refractivity (Wildman–Crippen MR) is 165 cm³/mol. The van der Waals surface area contributed by atoms with E-state index in [4.69, 9.17) is 0 Å². The number of aromatic nitrogens is 1. The summed E-state index contributed by atoms with van der Waals surface area (Å²) in [6.07, 6.45) is -0.555. The number of aromatic amines is 1. The summed E-state index contributed by atoms with van der Waals surface area (Å²) in [4.78, 5) is 30.7. The minimum absolute atomic E-state index is 0.118. The second kappa shape index (κ2) is 11.6. The zero-order valence-corrected chi connectivity index (χ0v) is 23.8. The molecule has 1 fully saturated rings. The van der Waals surface area contributed by atoms with E-state index in [9.17, 15) is 27.9 Å². The zero-order valence-electron chi connectivity index (χ0n) is 23.8. The largest absolute Gasteiger partial charge is 0.416 e. The van der Waals surface area contributed by atoms with E-state index < -0.39 is 23.8 Å². The Labute approximate surface area is 251 Å². The average Bonchev–Trinajstić information content (AvgIpc) is 3.54. The molecule has 0 unspecified atom stereocenters. The van der Waals surface area contributed by atoms with E-state index >= 15 is 0 Å². The Morgan fingerprint density at radius 3 is 2.48 bits per heavy atom. The van der Waals surface area contributed by atoms with E-state index in [0.29, 0.717) is 54.3 Å². The molecule has 0 radical (unpaired) electrons.